The number of unbranched alkanes of at least 4 members (excludes halogenated alkanes) is 1. The van der Waals surface area contributed by atoms with Crippen LogP contribution in [0, 0.1) is 35.5 Å². The molecule has 24 nitrogen and oxygen atoms in total. The third-order valence-corrected chi connectivity index (χ3v) is 17.6. The number of rotatable bonds is 20. The van der Waals surface area contributed by atoms with E-state index < -0.39 is 162 Å². The third kappa shape index (κ3) is 23.7. The Morgan fingerprint density at radius 2 is 1.01 bits per heavy atom. The van der Waals surface area contributed by atoms with E-state index in [9.17, 15) is 48.3 Å². The summed E-state index contributed by atoms with van der Waals surface area (Å²) in [6, 6.07) is -12.8. The second-order valence-corrected chi connectivity index (χ2v) is 27.7. The van der Waals surface area contributed by atoms with Crippen molar-refractivity contribution in [3.63, 3.8) is 0 Å². The highest BCUT2D eigenvalue weighted by Gasteiger charge is 2.46. The number of amides is 11. The molecule has 0 spiro atoms. The summed E-state index contributed by atoms with van der Waals surface area (Å²) >= 11 is 1.67. The van der Waals surface area contributed by atoms with Crippen LogP contribution in [-0.4, -0.2) is 252 Å². The summed E-state index contributed by atoms with van der Waals surface area (Å²) in [5, 5.41) is 23.2. The molecule has 0 aromatic carbocycles. The van der Waals surface area contributed by atoms with Gasteiger partial charge >= 0.3 is 0 Å². The highest BCUT2D eigenvalue weighted by atomic mass is 32.2. The zero-order valence-corrected chi connectivity index (χ0v) is 59.8. The molecule has 1 fully saturated rings. The highest BCUT2D eigenvalue weighted by Crippen LogP contribution is 2.26. The Bertz CT molecular complexity index is 2430. The van der Waals surface area contributed by atoms with Crippen LogP contribution < -0.4 is 21.3 Å². The fraction of sp³-hybridized carbons (Fsp3) is 0.800. The first kappa shape index (κ1) is 82.2. The van der Waals surface area contributed by atoms with Gasteiger partial charge in [-0.3, -0.25) is 52.7 Å². The third-order valence-electron chi connectivity index (χ3n) is 16.9. The van der Waals surface area contributed by atoms with E-state index in [0.717, 1.165) is 26.9 Å². The van der Waals surface area contributed by atoms with Crippen molar-refractivity contribution in [2.45, 2.75) is 228 Å². The molecule has 0 aliphatic carbocycles. The number of nitrogens with zero attached hydrogens (tertiary/aromatic N) is 7. The van der Waals surface area contributed by atoms with E-state index in [-0.39, 0.29) is 50.0 Å². The molecule has 0 aromatic heterocycles. The van der Waals surface area contributed by atoms with Crippen LogP contribution >= 0.6 is 11.8 Å². The van der Waals surface area contributed by atoms with Crippen molar-refractivity contribution in [2.75, 3.05) is 74.5 Å². The minimum absolute atomic E-state index is 0.00309. The molecule has 0 saturated carbocycles. The molecule has 1 rings (SSSR count). The molecule has 516 valence electrons. The minimum Gasteiger partial charge on any atom is -0.390 e. The van der Waals surface area contributed by atoms with Crippen molar-refractivity contribution in [1.82, 2.24) is 55.6 Å². The smallest absolute Gasteiger partial charge is 0.246 e. The van der Waals surface area contributed by atoms with Crippen LogP contribution in [0.25, 0.3) is 0 Å². The Morgan fingerprint density at radius 3 is 1.50 bits per heavy atom. The molecule has 1 aliphatic heterocycles. The van der Waals surface area contributed by atoms with E-state index in [1.165, 1.54) is 82.8 Å². The van der Waals surface area contributed by atoms with Gasteiger partial charge in [0.05, 0.1) is 18.8 Å². The number of carbonyl (C=O) groups is 11. The van der Waals surface area contributed by atoms with Crippen molar-refractivity contribution in [2.24, 2.45) is 35.5 Å². The van der Waals surface area contributed by atoms with E-state index in [4.69, 9.17) is 4.74 Å². The predicted octanol–water partition coefficient (Wildman–Crippen LogP) is 3.77. The van der Waals surface area contributed by atoms with Crippen LogP contribution in [0.4, 0.5) is 0 Å². The summed E-state index contributed by atoms with van der Waals surface area (Å²) in [4.78, 5) is 170. The maximum absolute atomic E-state index is 15.2. The number of ether oxygens (including phenoxy) is 1. The maximum atomic E-state index is 15.2. The number of carbonyl (C=O) groups excluding carboxylic acids is 11. The summed E-state index contributed by atoms with van der Waals surface area (Å²) in [7, 11) is 9.86. The van der Waals surface area contributed by atoms with Crippen molar-refractivity contribution >= 4 is 76.7 Å². The second-order valence-electron chi connectivity index (χ2n) is 26.7. The number of aliphatic hydroxyl groups excluding tert-OH is 1. The van der Waals surface area contributed by atoms with Gasteiger partial charge in [0.2, 0.25) is 65.0 Å². The number of allylic oxidation sites excluding steroid dienone is 2. The molecule has 0 unspecified atom stereocenters. The second kappa shape index (κ2) is 38.9. The van der Waals surface area contributed by atoms with Gasteiger partial charge in [-0.05, 0) is 120 Å². The van der Waals surface area contributed by atoms with Gasteiger partial charge in [0, 0.05) is 55.9 Å². The topological polar surface area (TPSA) is 288 Å². The number of thioether (sulfide) groups is 1. The Balaban J connectivity index is 4.38. The SMILES string of the molecule is C/C=C/C[C@@H](C)[C@@H](O)[C@H]1C(=O)N[C@@H](CC)C(=O)N(C)CC(=O)N(C)[C@@H]([C@@H](C)OCCCCSC)C(=O)N[C@@H](C(C)C)C(=O)N(C)[C@@H](CC(C)C)C(=O)N[C@@H](C)C(=O)N[C@H](C)C(=O)N(C)[C@@H](CC(C)C)C(=O)N(C)[C@@H](CC(C)C)C(=O)N(C)[C@@H](C(C)C)C(=O)N1C. The van der Waals surface area contributed by atoms with Gasteiger partial charge in [-0.25, -0.2) is 0 Å². The highest BCUT2D eigenvalue weighted by molar-refractivity contribution is 7.98. The van der Waals surface area contributed by atoms with Gasteiger partial charge in [0.1, 0.15) is 60.4 Å². The van der Waals surface area contributed by atoms with Gasteiger partial charge < -0.3 is 65.4 Å². The van der Waals surface area contributed by atoms with Gasteiger partial charge in [0.25, 0.3) is 0 Å². The lowest BCUT2D eigenvalue weighted by Gasteiger charge is -2.41. The maximum Gasteiger partial charge on any atom is 0.246 e. The average molecular weight is 1290 g/mol. The Kier molecular flexibility index (Phi) is 35.5. The average Bonchev–Trinajstić information content (AvgIpc) is 0.863. The molecular weight excluding hydrogens is 1170 g/mol. The van der Waals surface area contributed by atoms with Crippen molar-refractivity contribution in [1.29, 1.82) is 0 Å². The summed E-state index contributed by atoms with van der Waals surface area (Å²) < 4.78 is 6.21. The molecule has 5 N–H and O–H groups in total. The zero-order chi connectivity index (χ0) is 69.5. The number of hydrogen-bond donors (Lipinski definition) is 5. The number of nitrogens with one attached hydrogen (secondary N) is 4. The number of hydrogen-bond acceptors (Lipinski definition) is 14. The van der Waals surface area contributed by atoms with E-state index in [1.54, 1.807) is 79.3 Å². The molecule has 1 aliphatic rings. The molecule has 0 aromatic rings. The number of aliphatic hydroxyl groups is 1. The first-order valence-corrected chi connectivity index (χ1v) is 33.6. The lowest BCUT2D eigenvalue weighted by atomic mass is 9.91. The van der Waals surface area contributed by atoms with E-state index in [0.29, 0.717) is 12.8 Å². The normalized spacial score (nSPS) is 26.4. The minimum atomic E-state index is -1.63. The molecule has 25 heteroatoms. The molecule has 1 heterocycles. The fourth-order valence-corrected chi connectivity index (χ4v) is 11.7. The molecule has 1 saturated heterocycles. The molecule has 0 radical (unpaired) electrons. The molecule has 13 atom stereocenters. The predicted molar refractivity (Wildman–Crippen MR) is 352 cm³/mol. The van der Waals surface area contributed by atoms with E-state index in [1.807, 2.05) is 47.8 Å². The monoisotopic (exact) mass is 1290 g/mol. The fourth-order valence-electron chi connectivity index (χ4n) is 11.2. The van der Waals surface area contributed by atoms with Gasteiger partial charge in [-0.1, -0.05) is 95.2 Å². The number of likely N-dealkylation sites (N-methyl/N-ethyl adjacent to an activating group) is 7. The quantitative estimate of drug-likeness (QED) is 0.0858. The first-order chi connectivity index (χ1) is 41.8. The summed E-state index contributed by atoms with van der Waals surface area (Å²) in [6.45, 7) is 27.4. The van der Waals surface area contributed by atoms with Gasteiger partial charge in [-0.2, -0.15) is 11.8 Å². The van der Waals surface area contributed by atoms with Crippen LogP contribution in [-0.2, 0) is 57.5 Å². The van der Waals surface area contributed by atoms with Crippen LogP contribution in [0.3, 0.4) is 0 Å². The lowest BCUT2D eigenvalue weighted by Crippen LogP contribution is -2.63. The van der Waals surface area contributed by atoms with Crippen LogP contribution in [0.5, 0.6) is 0 Å². The summed E-state index contributed by atoms with van der Waals surface area (Å²) in [5.41, 5.74) is 0. The summed E-state index contributed by atoms with van der Waals surface area (Å²) in [6.07, 6.45) is 5.31. The molecule has 11 amide bonds. The standard InChI is InChI=1S/C65H117N11O13S/c1-25-27-30-42(13)55(78)54-59(82)68-46(26-2)61(84)70(17)36-50(77)74(21)53(45(16)89-31-28-29-32-90-24)58(81)69-51(40(9)10)64(87)71(18)47(33-37(3)4)57(80)66-43(14)56(79)67-44(15)60(83)72(19)48(34-38(5)6)62(85)73(20)49(35-39(7)8)63(86)75(22)52(41(11)12)65(88)76(54)23/h25,27,37-49,51-55,78H,26,28-36H2,1-24H3,(H,66,80)(H,67,79)(H,68,82)(H,69,81)/b27-25+/t42-,43+,44-,45-,46+,47+,48+,49+,51+,52+,53+,54+,55-/m1/s1. The molecule has 90 heavy (non-hydrogen) atoms. The Labute approximate surface area is 543 Å². The van der Waals surface area contributed by atoms with Crippen molar-refractivity contribution in [3.05, 3.63) is 12.2 Å². The van der Waals surface area contributed by atoms with Crippen molar-refractivity contribution in [3.8, 4) is 0 Å². The largest absolute Gasteiger partial charge is 0.390 e. The van der Waals surface area contributed by atoms with Gasteiger partial charge in [-0.15, -0.1) is 0 Å². The van der Waals surface area contributed by atoms with Crippen molar-refractivity contribution < 1.29 is 62.6 Å². The van der Waals surface area contributed by atoms with Crippen LogP contribution in [0.1, 0.15) is 156 Å². The zero-order valence-electron chi connectivity index (χ0n) is 59.0. The Hall–Kier alpha value is -5.82. The molecular formula is C65H117N11O13S. The van der Waals surface area contributed by atoms with Crippen LogP contribution in [0.2, 0.25) is 0 Å². The Morgan fingerprint density at radius 1 is 0.533 bits per heavy atom. The molecule has 0 bridgehead atoms. The lowest BCUT2D eigenvalue weighted by molar-refractivity contribution is -0.157. The van der Waals surface area contributed by atoms with E-state index >= 15 is 9.59 Å². The summed E-state index contributed by atoms with van der Waals surface area (Å²) in [5.74, 6) is -9.08. The first-order valence-electron chi connectivity index (χ1n) is 32.2. The van der Waals surface area contributed by atoms with Gasteiger partial charge in [0.15, 0.2) is 0 Å². The van der Waals surface area contributed by atoms with E-state index in [2.05, 4.69) is 21.3 Å². The van der Waals surface area contributed by atoms with Crippen LogP contribution in [0.15, 0.2) is 12.2 Å².